The topological polar surface area (TPSA) is 79.0 Å². The number of hydrogen-bond donors (Lipinski definition) is 1. The lowest BCUT2D eigenvalue weighted by Gasteiger charge is -2.33. The van der Waals surface area contributed by atoms with E-state index < -0.39 is 10.0 Å². The Morgan fingerprint density at radius 3 is 2.24 bits per heavy atom. The highest BCUT2D eigenvalue weighted by Gasteiger charge is 2.27. The van der Waals surface area contributed by atoms with Crippen LogP contribution in [0.4, 0.5) is 5.69 Å². The maximum Gasteiger partial charge on any atom is 0.262 e. The average molecular weight is 438 g/mol. The minimum absolute atomic E-state index is 0.163. The fourth-order valence-electron chi connectivity index (χ4n) is 3.02. The second kappa shape index (κ2) is 9.58. The van der Waals surface area contributed by atoms with E-state index >= 15 is 0 Å². The lowest BCUT2D eigenvalue weighted by atomic mass is 10.3. The number of sulfonamides is 1. The van der Waals surface area contributed by atoms with Crippen molar-refractivity contribution in [1.29, 1.82) is 0 Å². The van der Waals surface area contributed by atoms with Crippen LogP contribution in [0.1, 0.15) is 6.92 Å². The summed E-state index contributed by atoms with van der Waals surface area (Å²) in [7, 11) is -3.53. The summed E-state index contributed by atoms with van der Waals surface area (Å²) in [6, 6.07) is 12.9. The van der Waals surface area contributed by atoms with Crippen LogP contribution in [-0.4, -0.2) is 62.9 Å². The Bertz CT molecular complexity index is 925. The molecule has 1 aliphatic heterocycles. The summed E-state index contributed by atoms with van der Waals surface area (Å²) in [6.45, 7) is 5.26. The fraction of sp³-hybridized carbons (Fsp3) is 0.350. The Balaban J connectivity index is 1.55. The number of benzene rings is 2. The number of hydrogen-bond acceptors (Lipinski definition) is 5. The third-order valence-electron chi connectivity index (χ3n) is 4.74. The number of nitrogens with one attached hydrogen (secondary N) is 1. The second-order valence-electron chi connectivity index (χ2n) is 6.65. The molecule has 1 aliphatic rings. The van der Waals surface area contributed by atoms with Gasteiger partial charge in [-0.05, 0) is 55.1 Å². The van der Waals surface area contributed by atoms with Gasteiger partial charge in [0.05, 0.1) is 4.90 Å². The first-order valence-corrected chi connectivity index (χ1v) is 11.2. The van der Waals surface area contributed by atoms with Gasteiger partial charge in [0.1, 0.15) is 5.75 Å². The molecule has 2 aromatic carbocycles. The molecule has 29 heavy (non-hydrogen) atoms. The fourth-order valence-corrected chi connectivity index (χ4v) is 4.57. The number of carbonyl (C=O) groups is 1. The third-order valence-corrected chi connectivity index (χ3v) is 6.90. The van der Waals surface area contributed by atoms with Crippen LogP contribution in [0.15, 0.2) is 53.4 Å². The zero-order valence-corrected chi connectivity index (χ0v) is 17.7. The molecule has 1 fully saturated rings. The van der Waals surface area contributed by atoms with Crippen molar-refractivity contribution in [2.24, 2.45) is 0 Å². The van der Waals surface area contributed by atoms with Gasteiger partial charge in [0.25, 0.3) is 5.91 Å². The summed E-state index contributed by atoms with van der Waals surface area (Å²) in [6.07, 6.45) is 0. The minimum Gasteiger partial charge on any atom is -0.484 e. The van der Waals surface area contributed by atoms with Crippen molar-refractivity contribution >= 4 is 33.2 Å². The van der Waals surface area contributed by atoms with Gasteiger partial charge in [-0.1, -0.05) is 18.5 Å². The molecule has 1 amide bonds. The highest BCUT2D eigenvalue weighted by molar-refractivity contribution is 7.89. The van der Waals surface area contributed by atoms with Crippen molar-refractivity contribution in [3.63, 3.8) is 0 Å². The first-order valence-electron chi connectivity index (χ1n) is 9.39. The number of halogens is 1. The van der Waals surface area contributed by atoms with Gasteiger partial charge in [-0.3, -0.25) is 4.79 Å². The van der Waals surface area contributed by atoms with E-state index in [1.165, 1.54) is 16.4 Å². The minimum atomic E-state index is -3.53. The predicted molar refractivity (Wildman–Crippen MR) is 113 cm³/mol. The van der Waals surface area contributed by atoms with Crippen molar-refractivity contribution in [3.8, 4) is 5.75 Å². The molecule has 0 saturated carbocycles. The molecule has 0 aliphatic carbocycles. The summed E-state index contributed by atoms with van der Waals surface area (Å²) in [5.41, 5.74) is 0.504. The van der Waals surface area contributed by atoms with Crippen molar-refractivity contribution in [2.45, 2.75) is 11.8 Å². The lowest BCUT2D eigenvalue weighted by molar-refractivity contribution is -0.118. The van der Waals surface area contributed by atoms with Crippen LogP contribution in [0.5, 0.6) is 5.75 Å². The van der Waals surface area contributed by atoms with Crippen molar-refractivity contribution in [1.82, 2.24) is 9.21 Å². The Morgan fingerprint density at radius 1 is 1.03 bits per heavy atom. The molecular formula is C20H24ClN3O4S. The summed E-state index contributed by atoms with van der Waals surface area (Å²) in [4.78, 5) is 14.5. The highest BCUT2D eigenvalue weighted by Crippen LogP contribution is 2.20. The molecule has 3 rings (SSSR count). The molecule has 0 spiro atoms. The molecule has 0 aromatic heterocycles. The van der Waals surface area contributed by atoms with E-state index in [1.54, 1.807) is 36.4 Å². The molecule has 7 nitrogen and oxygen atoms in total. The van der Waals surface area contributed by atoms with Gasteiger partial charge in [0.15, 0.2) is 6.61 Å². The molecule has 0 unspecified atom stereocenters. The number of likely N-dealkylation sites (N-methyl/N-ethyl adjacent to an activating group) is 1. The van der Waals surface area contributed by atoms with Crippen LogP contribution in [0.3, 0.4) is 0 Å². The molecule has 1 N–H and O–H groups in total. The van der Waals surface area contributed by atoms with E-state index in [1.807, 2.05) is 0 Å². The second-order valence-corrected chi connectivity index (χ2v) is 9.03. The van der Waals surface area contributed by atoms with Gasteiger partial charge in [-0.15, -0.1) is 0 Å². The first kappa shape index (κ1) is 21.6. The van der Waals surface area contributed by atoms with Crippen LogP contribution in [0, 0.1) is 0 Å². The smallest absolute Gasteiger partial charge is 0.262 e. The standard InChI is InChI=1S/C20H24ClN3O4S/c1-2-23-11-13-24(14-12-23)29(26,27)19-9-5-17(6-10-19)22-20(25)15-28-18-7-3-16(21)4-8-18/h3-10H,2,11-15H2,1H3,(H,22,25). The number of amides is 1. The predicted octanol–water partition coefficient (Wildman–Crippen LogP) is 2.68. The van der Waals surface area contributed by atoms with Gasteiger partial charge in [0.2, 0.25) is 10.0 Å². The van der Waals surface area contributed by atoms with Gasteiger partial charge in [-0.25, -0.2) is 8.42 Å². The van der Waals surface area contributed by atoms with Crippen LogP contribution >= 0.6 is 11.6 Å². The SMILES string of the molecule is CCN1CCN(S(=O)(=O)c2ccc(NC(=O)COc3ccc(Cl)cc3)cc2)CC1. The Kier molecular flexibility index (Phi) is 7.13. The summed E-state index contributed by atoms with van der Waals surface area (Å²) in [5, 5.41) is 3.28. The molecule has 0 radical (unpaired) electrons. The van der Waals surface area contributed by atoms with Gasteiger partial charge in [-0.2, -0.15) is 4.31 Å². The molecule has 0 atom stereocenters. The number of nitrogens with zero attached hydrogens (tertiary/aromatic N) is 2. The molecule has 1 saturated heterocycles. The molecule has 156 valence electrons. The van der Waals surface area contributed by atoms with Gasteiger partial charge in [0, 0.05) is 36.9 Å². The zero-order valence-electron chi connectivity index (χ0n) is 16.2. The van der Waals surface area contributed by atoms with Crippen molar-refractivity contribution < 1.29 is 17.9 Å². The maximum atomic E-state index is 12.8. The normalized spacial score (nSPS) is 15.8. The lowest BCUT2D eigenvalue weighted by Crippen LogP contribution is -2.48. The third kappa shape index (κ3) is 5.70. The van der Waals surface area contributed by atoms with E-state index in [0.717, 1.165) is 19.6 Å². The Labute approximate surface area is 176 Å². The summed E-state index contributed by atoms with van der Waals surface area (Å²) >= 11 is 5.81. The average Bonchev–Trinajstić information content (AvgIpc) is 2.74. The van der Waals surface area contributed by atoms with Crippen molar-refractivity contribution in [2.75, 3.05) is 44.6 Å². The largest absolute Gasteiger partial charge is 0.484 e. The molecule has 9 heteroatoms. The number of anilines is 1. The number of piperazine rings is 1. The Hall–Kier alpha value is -2.13. The Morgan fingerprint density at radius 2 is 1.66 bits per heavy atom. The quantitative estimate of drug-likeness (QED) is 0.720. The highest BCUT2D eigenvalue weighted by atomic mass is 35.5. The van der Waals surface area contributed by atoms with Crippen LogP contribution < -0.4 is 10.1 Å². The summed E-state index contributed by atoms with van der Waals surface area (Å²) in [5.74, 6) is 0.195. The molecule has 0 bridgehead atoms. The van der Waals surface area contributed by atoms with Crippen LogP contribution in [-0.2, 0) is 14.8 Å². The van der Waals surface area contributed by atoms with Gasteiger partial charge >= 0.3 is 0 Å². The number of ether oxygens (including phenoxy) is 1. The van der Waals surface area contributed by atoms with Crippen LogP contribution in [0.2, 0.25) is 5.02 Å². The number of carbonyl (C=O) groups excluding carboxylic acids is 1. The van der Waals surface area contributed by atoms with E-state index in [4.69, 9.17) is 16.3 Å². The molecule has 2 aromatic rings. The summed E-state index contributed by atoms with van der Waals surface area (Å²) < 4.78 is 32.5. The van der Waals surface area contributed by atoms with E-state index in [2.05, 4.69) is 17.1 Å². The monoisotopic (exact) mass is 437 g/mol. The molecule has 1 heterocycles. The molecular weight excluding hydrogens is 414 g/mol. The van der Waals surface area contributed by atoms with Crippen LogP contribution in [0.25, 0.3) is 0 Å². The van der Waals surface area contributed by atoms with Crippen molar-refractivity contribution in [3.05, 3.63) is 53.6 Å². The number of rotatable bonds is 7. The first-order chi connectivity index (χ1) is 13.9. The van der Waals surface area contributed by atoms with E-state index in [0.29, 0.717) is 29.5 Å². The van der Waals surface area contributed by atoms with E-state index in [9.17, 15) is 13.2 Å². The van der Waals surface area contributed by atoms with E-state index in [-0.39, 0.29) is 17.4 Å². The zero-order chi connectivity index (χ0) is 20.9. The maximum absolute atomic E-state index is 12.8. The van der Waals surface area contributed by atoms with Gasteiger partial charge < -0.3 is 15.0 Å².